The van der Waals surface area contributed by atoms with Gasteiger partial charge >= 0.3 is 0 Å². The van der Waals surface area contributed by atoms with E-state index in [0.717, 1.165) is 42.6 Å². The minimum Gasteiger partial charge on any atom is -0.304 e. The number of nitrogens with zero attached hydrogens (tertiary/aromatic N) is 3. The zero-order chi connectivity index (χ0) is 22.1. The minimum absolute atomic E-state index is 0.102. The fraction of sp³-hybridized carbons (Fsp3) is 0.269. The molecule has 6 heteroatoms. The van der Waals surface area contributed by atoms with Crippen LogP contribution < -0.4 is 4.90 Å². The van der Waals surface area contributed by atoms with Gasteiger partial charge in [-0.2, -0.15) is 0 Å². The average Bonchev–Trinajstić information content (AvgIpc) is 3.28. The van der Waals surface area contributed by atoms with Gasteiger partial charge in [0.15, 0.2) is 5.17 Å². The Morgan fingerprint density at radius 1 is 0.969 bits per heavy atom. The van der Waals surface area contributed by atoms with E-state index in [1.807, 2.05) is 59.5 Å². The highest BCUT2D eigenvalue weighted by atomic mass is 32.2. The number of anilines is 1. The lowest BCUT2D eigenvalue weighted by Crippen LogP contribution is -2.40. The minimum atomic E-state index is -0.147. The molecule has 1 saturated heterocycles. The van der Waals surface area contributed by atoms with Crippen molar-refractivity contribution in [1.29, 1.82) is 0 Å². The van der Waals surface area contributed by atoms with Crippen LogP contribution in [0.4, 0.5) is 11.4 Å². The number of carbonyl (C=O) groups excluding carboxylic acids is 2. The van der Waals surface area contributed by atoms with Crippen LogP contribution in [0.15, 0.2) is 77.1 Å². The molecule has 0 radical (unpaired) electrons. The van der Waals surface area contributed by atoms with E-state index in [0.29, 0.717) is 22.2 Å². The van der Waals surface area contributed by atoms with Gasteiger partial charge in [-0.15, -0.1) is 6.58 Å². The SMILES string of the molecule is C=CCN1C(=O)/C(=C2/SC(=Nc3ccccc3)N(C3CCCCC3)C2=O)c2ccccc21. The predicted molar refractivity (Wildman–Crippen MR) is 131 cm³/mol. The van der Waals surface area contributed by atoms with Crippen molar-refractivity contribution in [1.82, 2.24) is 4.90 Å². The van der Waals surface area contributed by atoms with Crippen LogP contribution in [0.1, 0.15) is 37.7 Å². The lowest BCUT2D eigenvalue weighted by Gasteiger charge is -2.30. The molecule has 1 aliphatic carbocycles. The van der Waals surface area contributed by atoms with Crippen LogP contribution in [0.2, 0.25) is 0 Å². The normalized spacial score (nSPS) is 22.7. The molecule has 5 rings (SSSR count). The third kappa shape index (κ3) is 3.58. The molecule has 0 atom stereocenters. The Kier molecular flexibility index (Phi) is 5.70. The van der Waals surface area contributed by atoms with Crippen molar-refractivity contribution >= 4 is 45.7 Å². The van der Waals surface area contributed by atoms with Gasteiger partial charge in [0.05, 0.1) is 21.9 Å². The van der Waals surface area contributed by atoms with Gasteiger partial charge in [0.2, 0.25) is 0 Å². The monoisotopic (exact) mass is 443 g/mol. The summed E-state index contributed by atoms with van der Waals surface area (Å²) < 4.78 is 0. The number of aliphatic imine (C=N–C) groups is 1. The van der Waals surface area contributed by atoms with E-state index >= 15 is 0 Å². The first kappa shape index (κ1) is 20.8. The first-order valence-electron chi connectivity index (χ1n) is 11.1. The van der Waals surface area contributed by atoms with Gasteiger partial charge < -0.3 is 4.90 Å². The molecule has 2 amide bonds. The van der Waals surface area contributed by atoms with Gasteiger partial charge in [0, 0.05) is 18.2 Å². The molecule has 2 aromatic carbocycles. The number of hydrogen-bond acceptors (Lipinski definition) is 4. The molecule has 32 heavy (non-hydrogen) atoms. The summed E-state index contributed by atoms with van der Waals surface area (Å²) in [7, 11) is 0. The van der Waals surface area contributed by atoms with E-state index in [1.54, 1.807) is 11.0 Å². The smallest absolute Gasteiger partial charge is 0.267 e. The number of thioether (sulfide) groups is 1. The highest BCUT2D eigenvalue weighted by Crippen LogP contribution is 2.46. The molecule has 2 heterocycles. The van der Waals surface area contributed by atoms with E-state index in [9.17, 15) is 9.59 Å². The van der Waals surface area contributed by atoms with Crippen LogP contribution in [0, 0.1) is 0 Å². The van der Waals surface area contributed by atoms with Gasteiger partial charge in [-0.25, -0.2) is 4.99 Å². The Balaban J connectivity index is 1.63. The quantitative estimate of drug-likeness (QED) is 0.461. The Bertz CT molecular complexity index is 1130. The maximum absolute atomic E-state index is 13.8. The molecule has 0 bridgehead atoms. The number of hydrogen-bond donors (Lipinski definition) is 0. The number of carbonyl (C=O) groups is 2. The Morgan fingerprint density at radius 2 is 1.69 bits per heavy atom. The van der Waals surface area contributed by atoms with Crippen molar-refractivity contribution in [3.8, 4) is 0 Å². The molecule has 2 aromatic rings. The lowest BCUT2D eigenvalue weighted by atomic mass is 9.94. The van der Waals surface area contributed by atoms with Crippen LogP contribution in [-0.2, 0) is 9.59 Å². The summed E-state index contributed by atoms with van der Waals surface area (Å²) in [4.78, 5) is 36.1. The lowest BCUT2D eigenvalue weighted by molar-refractivity contribution is -0.124. The third-order valence-electron chi connectivity index (χ3n) is 6.20. The van der Waals surface area contributed by atoms with Crippen molar-refractivity contribution in [2.45, 2.75) is 38.1 Å². The predicted octanol–water partition coefficient (Wildman–Crippen LogP) is 5.53. The molecule has 0 N–H and O–H groups in total. The number of rotatable bonds is 4. The summed E-state index contributed by atoms with van der Waals surface area (Å²) in [5.41, 5.74) is 2.92. The summed E-state index contributed by atoms with van der Waals surface area (Å²) in [6.07, 6.45) is 7.07. The molecule has 3 aliphatic rings. The summed E-state index contributed by atoms with van der Waals surface area (Å²) in [5, 5.41) is 0.669. The van der Waals surface area contributed by atoms with Gasteiger partial charge in [-0.1, -0.05) is 61.7 Å². The zero-order valence-corrected chi connectivity index (χ0v) is 18.7. The summed E-state index contributed by atoms with van der Waals surface area (Å²) in [5.74, 6) is -0.248. The number of amides is 2. The van der Waals surface area contributed by atoms with E-state index in [2.05, 4.69) is 6.58 Å². The van der Waals surface area contributed by atoms with Crippen molar-refractivity contribution in [2.24, 2.45) is 4.99 Å². The first-order valence-corrected chi connectivity index (χ1v) is 11.9. The van der Waals surface area contributed by atoms with Gasteiger partial charge in [0.25, 0.3) is 11.8 Å². The zero-order valence-electron chi connectivity index (χ0n) is 17.9. The molecule has 5 nitrogen and oxygen atoms in total. The topological polar surface area (TPSA) is 53.0 Å². The molecule has 0 aromatic heterocycles. The van der Waals surface area contributed by atoms with Gasteiger partial charge in [0.1, 0.15) is 0 Å². The third-order valence-corrected chi connectivity index (χ3v) is 7.25. The second-order valence-corrected chi connectivity index (χ2v) is 9.20. The maximum atomic E-state index is 13.8. The Morgan fingerprint density at radius 3 is 2.44 bits per heavy atom. The fourth-order valence-electron chi connectivity index (χ4n) is 4.70. The Hall–Kier alpha value is -3.12. The molecule has 2 aliphatic heterocycles. The molecule has 0 spiro atoms. The number of fused-ring (bicyclic) bond motifs is 1. The van der Waals surface area contributed by atoms with Crippen LogP contribution in [0.25, 0.3) is 5.57 Å². The van der Waals surface area contributed by atoms with E-state index in [-0.39, 0.29) is 17.9 Å². The fourth-order valence-corrected chi connectivity index (χ4v) is 5.85. The summed E-state index contributed by atoms with van der Waals surface area (Å²) in [6, 6.07) is 17.5. The average molecular weight is 444 g/mol. The van der Waals surface area contributed by atoms with Gasteiger partial charge in [-0.05, 0) is 42.8 Å². The molecule has 162 valence electrons. The molecule has 1 saturated carbocycles. The van der Waals surface area contributed by atoms with Crippen LogP contribution in [0.5, 0.6) is 0 Å². The Labute approximate surface area is 192 Å². The standard InChI is InChI=1S/C26H25N3O2S/c1-2-17-28-21-16-10-9-15-20(21)22(24(28)30)23-25(31)29(19-13-7-4-8-14-19)26(32-23)27-18-11-5-3-6-12-18/h2-3,5-6,9-12,15-16,19H,1,4,7-8,13-14,17H2/b23-22+,27-26?. The van der Waals surface area contributed by atoms with E-state index < -0.39 is 0 Å². The molecular formula is C26H25N3O2S. The molecule has 2 fully saturated rings. The van der Waals surface area contributed by atoms with Crippen molar-refractivity contribution in [3.05, 3.63) is 77.7 Å². The second-order valence-electron chi connectivity index (χ2n) is 8.22. The van der Waals surface area contributed by atoms with Crippen LogP contribution in [-0.4, -0.2) is 34.5 Å². The largest absolute Gasteiger partial charge is 0.304 e. The van der Waals surface area contributed by atoms with Crippen LogP contribution >= 0.6 is 11.8 Å². The maximum Gasteiger partial charge on any atom is 0.267 e. The molecular weight excluding hydrogens is 418 g/mol. The molecule has 0 unspecified atom stereocenters. The van der Waals surface area contributed by atoms with Gasteiger partial charge in [-0.3, -0.25) is 14.5 Å². The van der Waals surface area contributed by atoms with E-state index in [4.69, 9.17) is 4.99 Å². The number of benzene rings is 2. The first-order chi connectivity index (χ1) is 15.7. The highest BCUT2D eigenvalue weighted by molar-refractivity contribution is 8.18. The second kappa shape index (κ2) is 8.79. The summed E-state index contributed by atoms with van der Waals surface area (Å²) in [6.45, 7) is 4.20. The van der Waals surface area contributed by atoms with E-state index in [1.165, 1.54) is 18.2 Å². The number of para-hydroxylation sites is 2. The number of amidine groups is 1. The summed E-state index contributed by atoms with van der Waals surface area (Å²) >= 11 is 1.33. The van der Waals surface area contributed by atoms with Crippen molar-refractivity contribution in [2.75, 3.05) is 11.4 Å². The van der Waals surface area contributed by atoms with Crippen LogP contribution in [0.3, 0.4) is 0 Å². The highest BCUT2D eigenvalue weighted by Gasteiger charge is 2.44. The van der Waals surface area contributed by atoms with Crippen molar-refractivity contribution in [3.63, 3.8) is 0 Å². The van der Waals surface area contributed by atoms with Crippen molar-refractivity contribution < 1.29 is 9.59 Å².